The second kappa shape index (κ2) is 6.15. The number of halogens is 2. The smallest absolute Gasteiger partial charge is 0.129 e. The van der Waals surface area contributed by atoms with Gasteiger partial charge in [-0.05, 0) is 75.7 Å². The molecule has 0 saturated heterocycles. The zero-order valence-electron chi connectivity index (χ0n) is 8.19. The van der Waals surface area contributed by atoms with E-state index in [9.17, 15) is 5.11 Å². The molecule has 0 heterocycles. The van der Waals surface area contributed by atoms with Gasteiger partial charge < -0.3 is 5.11 Å². The lowest BCUT2D eigenvalue weighted by Crippen LogP contribution is -1.94. The number of aromatic hydroxyl groups is 1. The van der Waals surface area contributed by atoms with E-state index < -0.39 is 0 Å². The number of rotatable bonds is 4. The Kier molecular flexibility index (Phi) is 5.51. The summed E-state index contributed by atoms with van der Waals surface area (Å²) in [6, 6.07) is 3.76. The van der Waals surface area contributed by atoms with E-state index in [1.807, 2.05) is 6.07 Å². The SMILES string of the molecule is CCCCCc1c(I)ccc(O)c1I. The summed E-state index contributed by atoms with van der Waals surface area (Å²) < 4.78 is 2.28. The van der Waals surface area contributed by atoms with Crippen LogP contribution in [0, 0.1) is 7.14 Å². The molecule has 1 nitrogen and oxygen atoms in total. The normalized spacial score (nSPS) is 10.5. The van der Waals surface area contributed by atoms with Crippen molar-refractivity contribution in [3.8, 4) is 5.75 Å². The summed E-state index contributed by atoms with van der Waals surface area (Å²) in [6.45, 7) is 2.21. The van der Waals surface area contributed by atoms with Gasteiger partial charge >= 0.3 is 0 Å². The van der Waals surface area contributed by atoms with Gasteiger partial charge in [0.25, 0.3) is 0 Å². The summed E-state index contributed by atoms with van der Waals surface area (Å²) in [4.78, 5) is 0. The number of hydrogen-bond acceptors (Lipinski definition) is 1. The van der Waals surface area contributed by atoms with E-state index in [-0.39, 0.29) is 0 Å². The standard InChI is InChI=1S/C11H14I2O/c1-2-3-4-5-8-9(12)6-7-10(14)11(8)13/h6-7,14H,2-5H2,1H3. The minimum Gasteiger partial charge on any atom is -0.507 e. The molecule has 0 aliphatic carbocycles. The summed E-state index contributed by atoms with van der Waals surface area (Å²) in [7, 11) is 0. The van der Waals surface area contributed by atoms with E-state index in [1.54, 1.807) is 6.07 Å². The molecule has 0 unspecified atom stereocenters. The Bertz CT molecular complexity index is 310. The Hall–Kier alpha value is 0.480. The highest BCUT2D eigenvalue weighted by Crippen LogP contribution is 2.28. The van der Waals surface area contributed by atoms with E-state index in [0.717, 1.165) is 9.99 Å². The molecule has 1 rings (SSSR count). The first-order chi connectivity index (χ1) is 6.66. The molecule has 3 heteroatoms. The molecule has 0 spiro atoms. The van der Waals surface area contributed by atoms with Crippen LogP contribution in [0.1, 0.15) is 31.7 Å². The zero-order chi connectivity index (χ0) is 10.6. The van der Waals surface area contributed by atoms with Gasteiger partial charge in [0.2, 0.25) is 0 Å². The molecular formula is C11H14I2O. The van der Waals surface area contributed by atoms with Gasteiger partial charge in [-0.2, -0.15) is 0 Å². The van der Waals surface area contributed by atoms with Gasteiger partial charge in [-0.15, -0.1) is 0 Å². The van der Waals surface area contributed by atoms with Crippen molar-refractivity contribution in [1.82, 2.24) is 0 Å². The maximum absolute atomic E-state index is 9.57. The molecule has 0 bridgehead atoms. The molecule has 0 radical (unpaired) electrons. The second-order valence-corrected chi connectivity index (χ2v) is 5.56. The van der Waals surface area contributed by atoms with Crippen molar-refractivity contribution in [3.63, 3.8) is 0 Å². The van der Waals surface area contributed by atoms with Crippen LogP contribution < -0.4 is 0 Å². The summed E-state index contributed by atoms with van der Waals surface area (Å²) in [5.41, 5.74) is 1.31. The molecule has 1 aromatic rings. The van der Waals surface area contributed by atoms with E-state index in [2.05, 4.69) is 52.1 Å². The highest BCUT2D eigenvalue weighted by atomic mass is 127. The van der Waals surface area contributed by atoms with Crippen molar-refractivity contribution in [1.29, 1.82) is 0 Å². The molecule has 1 N–H and O–H groups in total. The minimum absolute atomic E-state index is 0.414. The van der Waals surface area contributed by atoms with Gasteiger partial charge in [0, 0.05) is 3.57 Å². The lowest BCUT2D eigenvalue weighted by atomic mass is 10.1. The molecule has 0 aromatic heterocycles. The predicted molar refractivity (Wildman–Crippen MR) is 76.8 cm³/mol. The summed E-state index contributed by atoms with van der Waals surface area (Å²) in [5, 5.41) is 9.57. The molecule has 0 amide bonds. The van der Waals surface area contributed by atoms with Crippen molar-refractivity contribution >= 4 is 45.2 Å². The molecule has 0 fully saturated rings. The second-order valence-electron chi connectivity index (χ2n) is 3.32. The number of phenols is 1. The molecule has 1 aromatic carbocycles. The maximum Gasteiger partial charge on any atom is 0.129 e. The summed E-state index contributed by atoms with van der Waals surface area (Å²) in [6.07, 6.45) is 4.80. The number of hydrogen-bond donors (Lipinski definition) is 1. The lowest BCUT2D eigenvalue weighted by Gasteiger charge is -2.08. The fraction of sp³-hybridized carbons (Fsp3) is 0.455. The van der Waals surface area contributed by atoms with Crippen LogP contribution in [-0.4, -0.2) is 5.11 Å². The van der Waals surface area contributed by atoms with Crippen LogP contribution in [0.25, 0.3) is 0 Å². The van der Waals surface area contributed by atoms with E-state index in [4.69, 9.17) is 0 Å². The van der Waals surface area contributed by atoms with Gasteiger partial charge in [0.15, 0.2) is 0 Å². The van der Waals surface area contributed by atoms with Crippen LogP contribution in [-0.2, 0) is 6.42 Å². The van der Waals surface area contributed by atoms with Gasteiger partial charge in [0.05, 0.1) is 3.57 Å². The average molecular weight is 416 g/mol. The number of benzene rings is 1. The van der Waals surface area contributed by atoms with Gasteiger partial charge in [-0.25, -0.2) is 0 Å². The largest absolute Gasteiger partial charge is 0.507 e. The van der Waals surface area contributed by atoms with E-state index in [0.29, 0.717) is 5.75 Å². The first-order valence-electron chi connectivity index (χ1n) is 4.82. The van der Waals surface area contributed by atoms with Gasteiger partial charge in [-0.1, -0.05) is 19.8 Å². The molecular weight excluding hydrogens is 402 g/mol. The van der Waals surface area contributed by atoms with Crippen LogP contribution in [0.5, 0.6) is 5.75 Å². The minimum atomic E-state index is 0.414. The molecule has 0 aliphatic heterocycles. The number of phenolic OH excluding ortho intramolecular Hbond substituents is 1. The Balaban J connectivity index is 2.79. The molecule has 0 aliphatic rings. The maximum atomic E-state index is 9.57. The monoisotopic (exact) mass is 416 g/mol. The Morgan fingerprint density at radius 3 is 2.57 bits per heavy atom. The molecule has 0 atom stereocenters. The third kappa shape index (κ3) is 3.25. The van der Waals surface area contributed by atoms with Crippen molar-refractivity contribution in [2.24, 2.45) is 0 Å². The van der Waals surface area contributed by atoms with E-state index in [1.165, 1.54) is 28.4 Å². The van der Waals surface area contributed by atoms with Crippen molar-refractivity contribution in [2.45, 2.75) is 32.6 Å². The Labute approximate surface area is 113 Å². The molecule has 14 heavy (non-hydrogen) atoms. The fourth-order valence-corrected chi connectivity index (χ4v) is 3.34. The van der Waals surface area contributed by atoms with Crippen LogP contribution in [0.4, 0.5) is 0 Å². The van der Waals surface area contributed by atoms with Crippen molar-refractivity contribution in [3.05, 3.63) is 24.8 Å². The Morgan fingerprint density at radius 2 is 1.93 bits per heavy atom. The summed E-state index contributed by atoms with van der Waals surface area (Å²) in [5.74, 6) is 0.414. The predicted octanol–water partition coefficient (Wildman–Crippen LogP) is 4.33. The lowest BCUT2D eigenvalue weighted by molar-refractivity contribution is 0.470. The van der Waals surface area contributed by atoms with Gasteiger partial charge in [-0.3, -0.25) is 0 Å². The fourth-order valence-electron chi connectivity index (χ4n) is 1.37. The van der Waals surface area contributed by atoms with Gasteiger partial charge in [0.1, 0.15) is 5.75 Å². The quantitative estimate of drug-likeness (QED) is 0.573. The third-order valence-corrected chi connectivity index (χ3v) is 4.41. The van der Waals surface area contributed by atoms with Crippen LogP contribution >= 0.6 is 45.2 Å². The first kappa shape index (κ1) is 12.5. The average Bonchev–Trinajstić information content (AvgIpc) is 2.18. The topological polar surface area (TPSA) is 20.2 Å². The van der Waals surface area contributed by atoms with Crippen LogP contribution in [0.3, 0.4) is 0 Å². The third-order valence-electron chi connectivity index (χ3n) is 2.20. The van der Waals surface area contributed by atoms with Crippen LogP contribution in [0.2, 0.25) is 0 Å². The summed E-state index contributed by atoms with van der Waals surface area (Å²) >= 11 is 4.57. The molecule has 0 saturated carbocycles. The Morgan fingerprint density at radius 1 is 1.21 bits per heavy atom. The molecule has 78 valence electrons. The highest BCUT2D eigenvalue weighted by molar-refractivity contribution is 14.1. The zero-order valence-corrected chi connectivity index (χ0v) is 12.5. The highest BCUT2D eigenvalue weighted by Gasteiger charge is 2.08. The number of unbranched alkanes of at least 4 members (excludes halogenated alkanes) is 2. The van der Waals surface area contributed by atoms with Crippen molar-refractivity contribution in [2.75, 3.05) is 0 Å². The van der Waals surface area contributed by atoms with E-state index >= 15 is 0 Å². The van der Waals surface area contributed by atoms with Crippen LogP contribution in [0.15, 0.2) is 12.1 Å². The first-order valence-corrected chi connectivity index (χ1v) is 6.98. The van der Waals surface area contributed by atoms with Crippen molar-refractivity contribution < 1.29 is 5.11 Å².